The van der Waals surface area contributed by atoms with Crippen LogP contribution < -0.4 is 5.76 Å². The fourth-order valence-electron chi connectivity index (χ4n) is 4.89. The van der Waals surface area contributed by atoms with E-state index >= 15 is 0 Å². The topological polar surface area (TPSA) is 101 Å². The Labute approximate surface area is 178 Å². The minimum atomic E-state index is -0.899. The van der Waals surface area contributed by atoms with E-state index < -0.39 is 11.7 Å². The Morgan fingerprint density at radius 1 is 1.10 bits per heavy atom. The maximum atomic E-state index is 11.8. The van der Waals surface area contributed by atoms with Gasteiger partial charge in [0.1, 0.15) is 6.54 Å². The predicted molar refractivity (Wildman–Crippen MR) is 117 cm³/mol. The van der Waals surface area contributed by atoms with Crippen LogP contribution in [0.3, 0.4) is 0 Å². The number of aliphatic carboxylic acids is 1. The fourth-order valence-corrected chi connectivity index (χ4v) is 4.89. The minimum absolute atomic E-state index is 0.147. The van der Waals surface area contributed by atoms with Gasteiger partial charge in [0.2, 0.25) is 0 Å². The van der Waals surface area contributed by atoms with Gasteiger partial charge in [-0.05, 0) is 36.0 Å². The van der Waals surface area contributed by atoms with Crippen LogP contribution in [-0.2, 0) is 11.3 Å². The summed E-state index contributed by atoms with van der Waals surface area (Å²) in [7, 11) is 0. The molecule has 4 aromatic rings. The maximum Gasteiger partial charge on any atom is 0.439 e. The number of carbonyl (C=O) groups is 1. The molecule has 0 saturated heterocycles. The Morgan fingerprint density at radius 3 is 2.55 bits per heavy atom. The van der Waals surface area contributed by atoms with Gasteiger partial charge in [0.25, 0.3) is 0 Å². The fraction of sp³-hybridized carbons (Fsp3) is 0.292. The lowest BCUT2D eigenvalue weighted by atomic mass is 9.82. The molecule has 0 atom stereocenters. The molecule has 7 nitrogen and oxygen atoms in total. The summed E-state index contributed by atoms with van der Waals surface area (Å²) in [6, 6.07) is 15.8. The van der Waals surface area contributed by atoms with E-state index in [0.29, 0.717) is 17.3 Å². The number of H-pyrrole nitrogens is 1. The SMILES string of the molecule is O=C(O)Cn1c(-c2ccccc2)c(C2CCCCC2)c2ccc(-c3noc(=O)[nH]3)cc21. The molecule has 5 rings (SSSR count). The Morgan fingerprint density at radius 2 is 1.87 bits per heavy atom. The van der Waals surface area contributed by atoms with Crippen LogP contribution in [0.25, 0.3) is 33.5 Å². The van der Waals surface area contributed by atoms with Gasteiger partial charge in [-0.2, -0.15) is 0 Å². The number of hydrogen-bond donors (Lipinski definition) is 2. The average molecular weight is 417 g/mol. The third-order valence-corrected chi connectivity index (χ3v) is 6.17. The minimum Gasteiger partial charge on any atom is -0.480 e. The lowest BCUT2D eigenvalue weighted by Crippen LogP contribution is -2.11. The molecule has 2 aromatic heterocycles. The van der Waals surface area contributed by atoms with Crippen molar-refractivity contribution in [2.45, 2.75) is 44.6 Å². The van der Waals surface area contributed by atoms with Crippen LogP contribution in [0.5, 0.6) is 0 Å². The lowest BCUT2D eigenvalue weighted by Gasteiger charge is -2.23. The zero-order valence-corrected chi connectivity index (χ0v) is 17.0. The first-order chi connectivity index (χ1) is 15.1. The molecule has 2 heterocycles. The molecule has 1 aliphatic carbocycles. The van der Waals surface area contributed by atoms with E-state index in [1.165, 1.54) is 24.8 Å². The quantitative estimate of drug-likeness (QED) is 0.486. The van der Waals surface area contributed by atoms with Crippen LogP contribution >= 0.6 is 0 Å². The monoisotopic (exact) mass is 417 g/mol. The number of carboxylic acids is 1. The predicted octanol–water partition coefficient (Wildman–Crippen LogP) is 4.78. The third kappa shape index (κ3) is 3.56. The van der Waals surface area contributed by atoms with E-state index in [1.54, 1.807) is 0 Å². The number of nitrogens with one attached hydrogen (secondary N) is 1. The Bertz CT molecular complexity index is 1290. The summed E-state index contributed by atoms with van der Waals surface area (Å²) >= 11 is 0. The summed E-state index contributed by atoms with van der Waals surface area (Å²) in [5.41, 5.74) is 4.70. The maximum absolute atomic E-state index is 11.8. The van der Waals surface area contributed by atoms with Crippen molar-refractivity contribution in [3.63, 3.8) is 0 Å². The molecule has 0 spiro atoms. The standard InChI is InChI=1S/C24H23N3O4/c28-20(29)14-27-19-13-17(23-25-24(30)31-26-23)11-12-18(19)21(15-7-3-1-4-8-15)22(27)16-9-5-2-6-10-16/h2,5-6,9-13,15H,1,3-4,7-8,14H2,(H,28,29)(H,25,26,30). The molecule has 2 aromatic carbocycles. The molecule has 2 N–H and O–H groups in total. The number of aromatic nitrogens is 3. The molecule has 7 heteroatoms. The van der Waals surface area contributed by atoms with Gasteiger partial charge in [-0.15, -0.1) is 0 Å². The largest absolute Gasteiger partial charge is 0.480 e. The summed E-state index contributed by atoms with van der Waals surface area (Å²) in [6.07, 6.45) is 5.81. The normalized spacial score (nSPS) is 14.8. The Kier molecular flexibility index (Phi) is 4.94. The first-order valence-electron chi connectivity index (χ1n) is 10.6. The number of carboxylic acid groups (broad SMARTS) is 1. The third-order valence-electron chi connectivity index (χ3n) is 6.17. The van der Waals surface area contributed by atoms with Crippen molar-refractivity contribution in [3.8, 4) is 22.6 Å². The summed E-state index contributed by atoms with van der Waals surface area (Å²) in [4.78, 5) is 25.8. The van der Waals surface area contributed by atoms with Crippen LogP contribution in [0.4, 0.5) is 0 Å². The summed E-state index contributed by atoms with van der Waals surface area (Å²) in [6.45, 7) is -0.147. The molecule has 0 amide bonds. The molecular weight excluding hydrogens is 394 g/mol. The summed E-state index contributed by atoms with van der Waals surface area (Å²) in [5, 5.41) is 14.6. The second-order valence-electron chi connectivity index (χ2n) is 8.12. The number of nitrogens with zero attached hydrogens (tertiary/aromatic N) is 2. The van der Waals surface area contributed by atoms with Crippen molar-refractivity contribution >= 4 is 16.9 Å². The number of fused-ring (bicyclic) bond motifs is 1. The van der Waals surface area contributed by atoms with E-state index in [4.69, 9.17) is 0 Å². The van der Waals surface area contributed by atoms with Crippen LogP contribution in [0.1, 0.15) is 43.6 Å². The average Bonchev–Trinajstić information content (AvgIpc) is 3.36. The first kappa shape index (κ1) is 19.4. The van der Waals surface area contributed by atoms with Crippen molar-refractivity contribution in [1.29, 1.82) is 0 Å². The van der Waals surface area contributed by atoms with E-state index in [0.717, 1.165) is 35.0 Å². The van der Waals surface area contributed by atoms with Gasteiger partial charge in [0.15, 0.2) is 5.82 Å². The second-order valence-corrected chi connectivity index (χ2v) is 8.12. The molecule has 158 valence electrons. The van der Waals surface area contributed by atoms with Crippen LogP contribution in [-0.4, -0.2) is 25.8 Å². The number of benzene rings is 2. The van der Waals surface area contributed by atoms with Crippen molar-refractivity contribution in [3.05, 3.63) is 64.6 Å². The second kappa shape index (κ2) is 7.91. The first-order valence-corrected chi connectivity index (χ1v) is 10.6. The van der Waals surface area contributed by atoms with Gasteiger partial charge >= 0.3 is 11.7 Å². The van der Waals surface area contributed by atoms with Crippen LogP contribution in [0, 0.1) is 0 Å². The summed E-state index contributed by atoms with van der Waals surface area (Å²) < 4.78 is 6.54. The molecule has 0 bridgehead atoms. The Hall–Kier alpha value is -3.61. The molecule has 0 aliphatic heterocycles. The zero-order valence-electron chi connectivity index (χ0n) is 17.0. The van der Waals surface area contributed by atoms with Gasteiger partial charge in [-0.25, -0.2) is 4.79 Å². The highest BCUT2D eigenvalue weighted by atomic mass is 16.5. The van der Waals surface area contributed by atoms with E-state index in [-0.39, 0.29) is 6.54 Å². The van der Waals surface area contributed by atoms with Crippen molar-refractivity contribution in [2.75, 3.05) is 0 Å². The molecule has 0 radical (unpaired) electrons. The molecule has 0 unspecified atom stereocenters. The van der Waals surface area contributed by atoms with Crippen molar-refractivity contribution in [2.24, 2.45) is 0 Å². The van der Waals surface area contributed by atoms with E-state index in [9.17, 15) is 14.7 Å². The molecule has 1 fully saturated rings. The van der Waals surface area contributed by atoms with Gasteiger partial charge in [0.05, 0.1) is 11.2 Å². The molecule has 1 saturated carbocycles. The Balaban J connectivity index is 1.81. The smallest absolute Gasteiger partial charge is 0.439 e. The van der Waals surface area contributed by atoms with Gasteiger partial charge < -0.3 is 9.67 Å². The number of hydrogen-bond acceptors (Lipinski definition) is 4. The van der Waals surface area contributed by atoms with Crippen LogP contribution in [0.2, 0.25) is 0 Å². The highest BCUT2D eigenvalue weighted by molar-refractivity contribution is 5.95. The number of rotatable bonds is 5. The zero-order chi connectivity index (χ0) is 21.4. The number of aromatic amines is 1. The molecule has 1 aliphatic rings. The lowest BCUT2D eigenvalue weighted by molar-refractivity contribution is -0.137. The summed E-state index contributed by atoms with van der Waals surface area (Å²) in [5.74, 6) is -0.803. The molecular formula is C24H23N3O4. The van der Waals surface area contributed by atoms with Gasteiger partial charge in [-0.1, -0.05) is 66.9 Å². The van der Waals surface area contributed by atoms with Gasteiger partial charge in [0, 0.05) is 10.9 Å². The van der Waals surface area contributed by atoms with Gasteiger partial charge in [-0.3, -0.25) is 14.3 Å². The highest BCUT2D eigenvalue weighted by Crippen LogP contribution is 2.44. The van der Waals surface area contributed by atoms with Crippen molar-refractivity contribution in [1.82, 2.24) is 14.7 Å². The van der Waals surface area contributed by atoms with Crippen LogP contribution in [0.15, 0.2) is 57.8 Å². The van der Waals surface area contributed by atoms with E-state index in [2.05, 4.69) is 14.7 Å². The highest BCUT2D eigenvalue weighted by Gasteiger charge is 2.27. The molecule has 31 heavy (non-hydrogen) atoms. The van der Waals surface area contributed by atoms with Crippen molar-refractivity contribution < 1.29 is 14.4 Å². The van der Waals surface area contributed by atoms with E-state index in [1.807, 2.05) is 53.1 Å².